The lowest BCUT2D eigenvalue weighted by molar-refractivity contribution is 0.283. The maximum Gasteiger partial charge on any atom is 0.189 e. The molecule has 0 bridgehead atoms. The Morgan fingerprint density at radius 1 is 1.50 bits per heavy atom. The van der Waals surface area contributed by atoms with E-state index >= 15 is 0 Å². The van der Waals surface area contributed by atoms with E-state index < -0.39 is 0 Å². The van der Waals surface area contributed by atoms with Crippen LogP contribution in [0.25, 0.3) is 0 Å². The summed E-state index contributed by atoms with van der Waals surface area (Å²) >= 11 is 0. The van der Waals surface area contributed by atoms with Crippen LogP contribution in [0, 0.1) is 5.41 Å². The molecule has 14 heavy (non-hydrogen) atoms. The maximum atomic E-state index is 5.60. The summed E-state index contributed by atoms with van der Waals surface area (Å²) in [6.45, 7) is 7.06. The maximum absolute atomic E-state index is 5.60. The molecule has 0 unspecified atom stereocenters. The summed E-state index contributed by atoms with van der Waals surface area (Å²) in [6.07, 6.45) is 0. The number of hydrogen-bond acceptors (Lipinski definition) is 2. The van der Waals surface area contributed by atoms with Crippen molar-refractivity contribution in [1.29, 1.82) is 0 Å². The molecule has 2 heteroatoms. The summed E-state index contributed by atoms with van der Waals surface area (Å²) in [5.74, 6) is 0.878. The number of aliphatic imine (C=N–C) groups is 1. The van der Waals surface area contributed by atoms with Crippen LogP contribution in [0.15, 0.2) is 29.3 Å². The highest BCUT2D eigenvalue weighted by Gasteiger charge is 2.27. The molecule has 2 rings (SSSR count). The zero-order valence-electron chi connectivity index (χ0n) is 8.95. The van der Waals surface area contributed by atoms with Crippen molar-refractivity contribution >= 4 is 5.90 Å². The van der Waals surface area contributed by atoms with Crippen LogP contribution in [0.3, 0.4) is 0 Å². The Balaban J connectivity index is 2.17. The fourth-order valence-electron chi connectivity index (χ4n) is 1.57. The molecular weight excluding hydrogens is 174 g/mol. The van der Waals surface area contributed by atoms with Crippen LogP contribution in [0.1, 0.15) is 32.4 Å². The van der Waals surface area contributed by atoms with E-state index in [2.05, 4.69) is 37.9 Å². The van der Waals surface area contributed by atoms with Crippen LogP contribution in [0.5, 0.6) is 0 Å². The van der Waals surface area contributed by atoms with Crippen molar-refractivity contribution in [2.75, 3.05) is 6.61 Å². The monoisotopic (exact) mass is 190 g/mol. The molecule has 76 valence electrons. The summed E-state index contributed by atoms with van der Waals surface area (Å²) in [5, 5.41) is 0. The molecule has 1 aliphatic rings. The molecule has 1 atom stereocenters. The normalized spacial score (nSPS) is 21.9. The first-order valence-electron chi connectivity index (χ1n) is 5.00. The molecule has 0 spiro atoms. The van der Waals surface area contributed by atoms with E-state index in [0.717, 1.165) is 5.90 Å². The van der Waals surface area contributed by atoms with E-state index in [4.69, 9.17) is 4.74 Å². The van der Waals surface area contributed by atoms with Crippen LogP contribution < -0.4 is 0 Å². The summed E-state index contributed by atoms with van der Waals surface area (Å²) in [6, 6.07) is 8.49. The molecule has 0 N–H and O–H groups in total. The average Bonchev–Trinajstić information content (AvgIpc) is 2.73. The SMILES string of the molecule is CC(C)(C)C1=N[C@H](c2ccc[cH-]2)CO1. The quantitative estimate of drug-likeness (QED) is 0.624. The van der Waals surface area contributed by atoms with Crippen molar-refractivity contribution in [3.63, 3.8) is 0 Å². The summed E-state index contributed by atoms with van der Waals surface area (Å²) in [7, 11) is 0. The fraction of sp³-hybridized carbons (Fsp3) is 0.500. The molecular formula is C12H16NO-. The second-order valence-corrected chi connectivity index (χ2v) is 4.73. The lowest BCUT2D eigenvalue weighted by atomic mass is 9.97. The zero-order valence-corrected chi connectivity index (χ0v) is 8.95. The Morgan fingerprint density at radius 2 is 2.29 bits per heavy atom. The smallest absolute Gasteiger partial charge is 0.189 e. The van der Waals surface area contributed by atoms with Crippen LogP contribution in [0.4, 0.5) is 0 Å². The van der Waals surface area contributed by atoms with Gasteiger partial charge in [0.15, 0.2) is 5.90 Å². The topological polar surface area (TPSA) is 21.6 Å². The third-order valence-electron chi connectivity index (χ3n) is 2.37. The minimum atomic E-state index is 0.0291. The minimum absolute atomic E-state index is 0.0291. The first-order chi connectivity index (χ1) is 6.57. The van der Waals surface area contributed by atoms with E-state index in [-0.39, 0.29) is 11.5 Å². The Bertz CT molecular complexity index is 330. The summed E-state index contributed by atoms with van der Waals surface area (Å²) in [5.41, 5.74) is 1.28. The first kappa shape index (κ1) is 9.38. The van der Waals surface area contributed by atoms with Gasteiger partial charge in [-0.05, 0) is 0 Å². The lowest BCUT2D eigenvalue weighted by Gasteiger charge is -2.16. The highest BCUT2D eigenvalue weighted by Crippen LogP contribution is 2.29. The van der Waals surface area contributed by atoms with Crippen LogP contribution in [0.2, 0.25) is 0 Å². The minimum Gasteiger partial charge on any atom is -0.478 e. The van der Waals surface area contributed by atoms with E-state index in [1.165, 1.54) is 5.56 Å². The van der Waals surface area contributed by atoms with Gasteiger partial charge in [0.25, 0.3) is 0 Å². The van der Waals surface area contributed by atoms with Gasteiger partial charge in [0.2, 0.25) is 0 Å². The van der Waals surface area contributed by atoms with Crippen molar-refractivity contribution in [3.8, 4) is 0 Å². The highest BCUT2D eigenvalue weighted by atomic mass is 16.5. The van der Waals surface area contributed by atoms with Gasteiger partial charge >= 0.3 is 0 Å². The molecule has 0 aromatic heterocycles. The van der Waals surface area contributed by atoms with Gasteiger partial charge in [-0.15, -0.1) is 5.56 Å². The molecule has 1 aromatic carbocycles. The second kappa shape index (κ2) is 3.19. The number of rotatable bonds is 1. The van der Waals surface area contributed by atoms with Crippen LogP contribution >= 0.6 is 0 Å². The molecule has 2 nitrogen and oxygen atoms in total. The van der Waals surface area contributed by atoms with Crippen molar-refractivity contribution in [2.24, 2.45) is 10.4 Å². The van der Waals surface area contributed by atoms with Crippen molar-refractivity contribution in [2.45, 2.75) is 26.8 Å². The van der Waals surface area contributed by atoms with Crippen LogP contribution in [-0.2, 0) is 4.74 Å². The Hall–Kier alpha value is -1.18. The summed E-state index contributed by atoms with van der Waals surface area (Å²) < 4.78 is 5.60. The molecule has 1 aromatic rings. The van der Waals surface area contributed by atoms with E-state index in [9.17, 15) is 0 Å². The predicted octanol–water partition coefficient (Wildman–Crippen LogP) is 2.92. The Labute approximate surface area is 85.0 Å². The van der Waals surface area contributed by atoms with Gasteiger partial charge < -0.3 is 4.74 Å². The molecule has 1 heterocycles. The molecule has 0 aliphatic carbocycles. The van der Waals surface area contributed by atoms with Gasteiger partial charge in [0, 0.05) is 5.41 Å². The van der Waals surface area contributed by atoms with Gasteiger partial charge in [0.05, 0.1) is 6.04 Å². The van der Waals surface area contributed by atoms with Crippen LogP contribution in [-0.4, -0.2) is 12.5 Å². The standard InChI is InChI=1S/C12H16NO/c1-12(2,3)11-13-10(8-14-11)9-6-4-5-7-9/h4-7,10H,8H2,1-3H3/q-1/t10-/m0/s1. The van der Waals surface area contributed by atoms with Gasteiger partial charge in [-0.25, -0.2) is 17.1 Å². The van der Waals surface area contributed by atoms with Crippen molar-refractivity contribution < 1.29 is 4.74 Å². The molecule has 0 fully saturated rings. The third-order valence-corrected chi connectivity index (χ3v) is 2.37. The van der Waals surface area contributed by atoms with Gasteiger partial charge in [-0.3, -0.25) is 0 Å². The molecule has 0 amide bonds. The fourth-order valence-corrected chi connectivity index (χ4v) is 1.57. The molecule has 1 aliphatic heterocycles. The molecule has 0 saturated carbocycles. The zero-order chi connectivity index (χ0) is 10.2. The Morgan fingerprint density at radius 3 is 2.79 bits per heavy atom. The number of hydrogen-bond donors (Lipinski definition) is 0. The lowest BCUT2D eigenvalue weighted by Crippen LogP contribution is -2.20. The highest BCUT2D eigenvalue weighted by molar-refractivity contribution is 5.83. The molecule has 0 saturated heterocycles. The van der Waals surface area contributed by atoms with E-state index in [1.54, 1.807) is 0 Å². The predicted molar refractivity (Wildman–Crippen MR) is 57.6 cm³/mol. The van der Waals surface area contributed by atoms with E-state index in [1.807, 2.05) is 12.1 Å². The van der Waals surface area contributed by atoms with Crippen molar-refractivity contribution in [3.05, 3.63) is 29.8 Å². The Kier molecular flexibility index (Phi) is 2.14. The van der Waals surface area contributed by atoms with Gasteiger partial charge in [0.1, 0.15) is 6.61 Å². The van der Waals surface area contributed by atoms with Gasteiger partial charge in [-0.1, -0.05) is 20.8 Å². The van der Waals surface area contributed by atoms with E-state index in [0.29, 0.717) is 6.61 Å². The third kappa shape index (κ3) is 1.69. The summed E-state index contributed by atoms with van der Waals surface area (Å²) in [4.78, 5) is 4.60. The number of nitrogens with zero attached hydrogens (tertiary/aromatic N) is 1. The largest absolute Gasteiger partial charge is 0.478 e. The number of ether oxygens (including phenoxy) is 1. The second-order valence-electron chi connectivity index (χ2n) is 4.73. The van der Waals surface area contributed by atoms with Gasteiger partial charge in [-0.2, -0.15) is 12.1 Å². The first-order valence-corrected chi connectivity index (χ1v) is 5.00. The van der Waals surface area contributed by atoms with Crippen molar-refractivity contribution in [1.82, 2.24) is 0 Å². The molecule has 0 radical (unpaired) electrons. The average molecular weight is 190 g/mol.